The van der Waals surface area contributed by atoms with E-state index in [2.05, 4.69) is 10.6 Å². The highest BCUT2D eigenvalue weighted by Crippen LogP contribution is 2.01. The summed E-state index contributed by atoms with van der Waals surface area (Å²) in [7, 11) is 1.91. The maximum Gasteiger partial charge on any atom is 0.236 e. The van der Waals surface area contributed by atoms with E-state index in [1.54, 1.807) is 0 Å². The van der Waals surface area contributed by atoms with Gasteiger partial charge in [-0.1, -0.05) is 6.42 Å². The molecule has 0 aromatic carbocycles. The van der Waals surface area contributed by atoms with Crippen LogP contribution in [-0.2, 0) is 9.59 Å². The van der Waals surface area contributed by atoms with Gasteiger partial charge in [0, 0.05) is 6.54 Å². The molecule has 0 aromatic rings. The molecule has 0 aliphatic heterocycles. The molecule has 6 nitrogen and oxygen atoms in total. The summed E-state index contributed by atoms with van der Waals surface area (Å²) < 4.78 is 0. The summed E-state index contributed by atoms with van der Waals surface area (Å²) in [5.41, 5.74) is 11.4. The zero-order chi connectivity index (χ0) is 15.4. The Labute approximate surface area is 122 Å². The van der Waals surface area contributed by atoms with Crippen LogP contribution >= 0.6 is 0 Å². The highest BCUT2D eigenvalue weighted by molar-refractivity contribution is 5.81. The molecular weight excluding hydrogens is 256 g/mol. The monoisotopic (exact) mass is 286 g/mol. The van der Waals surface area contributed by atoms with Gasteiger partial charge in [-0.25, -0.2) is 0 Å². The molecular formula is C14H30N4O2. The van der Waals surface area contributed by atoms with Crippen molar-refractivity contribution in [2.45, 2.75) is 57.5 Å². The van der Waals surface area contributed by atoms with Crippen LogP contribution in [-0.4, -0.2) is 43.9 Å². The normalized spacial score (nSPS) is 13.8. The number of hydrogen-bond acceptors (Lipinski definition) is 5. The van der Waals surface area contributed by atoms with Crippen molar-refractivity contribution in [2.24, 2.45) is 11.5 Å². The Morgan fingerprint density at radius 3 is 2.05 bits per heavy atom. The third-order valence-electron chi connectivity index (χ3n) is 3.29. The minimum atomic E-state index is -0.425. The number of unbranched alkanes of at least 4 members (excludes halogenated alkanes) is 2. The second-order valence-corrected chi connectivity index (χ2v) is 5.21. The number of carbonyl (C=O) groups is 2. The van der Waals surface area contributed by atoms with E-state index in [0.29, 0.717) is 19.4 Å². The maximum atomic E-state index is 11.7. The second kappa shape index (κ2) is 11.8. The zero-order valence-electron chi connectivity index (χ0n) is 12.8. The lowest BCUT2D eigenvalue weighted by molar-refractivity contribution is -0.122. The van der Waals surface area contributed by atoms with Crippen LogP contribution in [0.15, 0.2) is 0 Å². The predicted molar refractivity (Wildman–Crippen MR) is 81.3 cm³/mol. The molecule has 0 radical (unpaired) electrons. The summed E-state index contributed by atoms with van der Waals surface area (Å²) in [5.74, 6) is -0.0806. The number of rotatable bonds is 12. The van der Waals surface area contributed by atoms with Crippen molar-refractivity contribution in [1.82, 2.24) is 10.6 Å². The molecule has 6 N–H and O–H groups in total. The van der Waals surface area contributed by atoms with Gasteiger partial charge in [-0.15, -0.1) is 0 Å². The first-order chi connectivity index (χ1) is 9.49. The van der Waals surface area contributed by atoms with E-state index in [-0.39, 0.29) is 17.7 Å². The Balaban J connectivity index is 3.54. The molecule has 0 aromatic heterocycles. The maximum absolute atomic E-state index is 11.7. The van der Waals surface area contributed by atoms with Crippen LogP contribution in [0, 0.1) is 0 Å². The smallest absolute Gasteiger partial charge is 0.236 e. The van der Waals surface area contributed by atoms with Gasteiger partial charge in [0.25, 0.3) is 0 Å². The summed E-state index contributed by atoms with van der Waals surface area (Å²) in [6.45, 7) is 3.04. The van der Waals surface area contributed by atoms with Crippen molar-refractivity contribution in [1.29, 1.82) is 0 Å². The van der Waals surface area contributed by atoms with E-state index in [0.717, 1.165) is 32.2 Å². The minimum absolute atomic E-state index is 0.0117. The third kappa shape index (κ3) is 9.89. The first-order valence-electron chi connectivity index (χ1n) is 7.43. The lowest BCUT2D eigenvalue weighted by Crippen LogP contribution is -2.41. The molecule has 20 heavy (non-hydrogen) atoms. The van der Waals surface area contributed by atoms with Crippen molar-refractivity contribution in [2.75, 3.05) is 20.1 Å². The summed E-state index contributed by atoms with van der Waals surface area (Å²) >= 11 is 0. The van der Waals surface area contributed by atoms with Crippen molar-refractivity contribution >= 4 is 11.7 Å². The zero-order valence-corrected chi connectivity index (χ0v) is 12.8. The van der Waals surface area contributed by atoms with Crippen LogP contribution in [0.25, 0.3) is 0 Å². The fourth-order valence-corrected chi connectivity index (χ4v) is 1.83. The number of carbonyl (C=O) groups excluding carboxylic acids is 2. The molecule has 118 valence electrons. The second-order valence-electron chi connectivity index (χ2n) is 5.21. The fraction of sp³-hybridized carbons (Fsp3) is 0.857. The molecule has 0 spiro atoms. The van der Waals surface area contributed by atoms with E-state index in [1.165, 1.54) is 6.92 Å². The van der Waals surface area contributed by atoms with Crippen molar-refractivity contribution in [3.05, 3.63) is 0 Å². The van der Waals surface area contributed by atoms with Crippen LogP contribution < -0.4 is 22.1 Å². The van der Waals surface area contributed by atoms with Gasteiger partial charge in [-0.3, -0.25) is 9.59 Å². The van der Waals surface area contributed by atoms with E-state index in [4.69, 9.17) is 11.5 Å². The molecule has 0 heterocycles. The quantitative estimate of drug-likeness (QED) is 0.375. The van der Waals surface area contributed by atoms with Gasteiger partial charge in [-0.2, -0.15) is 0 Å². The van der Waals surface area contributed by atoms with E-state index in [9.17, 15) is 9.59 Å². The van der Waals surface area contributed by atoms with Crippen LogP contribution in [0.1, 0.15) is 45.4 Å². The highest BCUT2D eigenvalue weighted by atomic mass is 16.2. The molecule has 0 aliphatic carbocycles. The molecule has 0 saturated carbocycles. The highest BCUT2D eigenvalue weighted by Gasteiger charge is 2.12. The Hall–Kier alpha value is -0.980. The number of amides is 1. The first kappa shape index (κ1) is 19.0. The van der Waals surface area contributed by atoms with Gasteiger partial charge >= 0.3 is 0 Å². The van der Waals surface area contributed by atoms with E-state index >= 15 is 0 Å². The fourth-order valence-electron chi connectivity index (χ4n) is 1.83. The number of Topliss-reactive ketones (excluding diaryl/α,β-unsaturated/α-hetero) is 1. The summed E-state index contributed by atoms with van der Waals surface area (Å²) in [5, 5.41) is 5.88. The predicted octanol–water partition coefficient (Wildman–Crippen LogP) is -0.0938. The van der Waals surface area contributed by atoms with Crippen LogP contribution in [0.2, 0.25) is 0 Å². The average molecular weight is 286 g/mol. The molecule has 0 unspecified atom stereocenters. The molecule has 0 aliphatic rings. The molecule has 2 atom stereocenters. The standard InChI is InChI=1S/C14H30N4O2/c1-11(19)12(15)7-4-6-10-18-14(20)13(16)8-3-5-9-17-2/h12-13,17H,3-10,15-16H2,1-2H3,(H,18,20)/t12-,13-/m0/s1. The largest absolute Gasteiger partial charge is 0.355 e. The third-order valence-corrected chi connectivity index (χ3v) is 3.29. The van der Waals surface area contributed by atoms with Gasteiger partial charge in [0.2, 0.25) is 5.91 Å². The number of nitrogens with two attached hydrogens (primary N) is 2. The molecule has 1 amide bonds. The molecule has 0 bridgehead atoms. The lowest BCUT2D eigenvalue weighted by Gasteiger charge is -2.12. The Bertz CT molecular complexity index is 284. The average Bonchev–Trinajstić information content (AvgIpc) is 2.42. The molecule has 6 heteroatoms. The van der Waals surface area contributed by atoms with Crippen molar-refractivity contribution in [3.8, 4) is 0 Å². The Kier molecular flexibility index (Phi) is 11.2. The van der Waals surface area contributed by atoms with Gasteiger partial charge in [0.1, 0.15) is 5.78 Å². The van der Waals surface area contributed by atoms with Crippen LogP contribution in [0.5, 0.6) is 0 Å². The minimum Gasteiger partial charge on any atom is -0.355 e. The van der Waals surface area contributed by atoms with Crippen LogP contribution in [0.3, 0.4) is 0 Å². The van der Waals surface area contributed by atoms with Crippen molar-refractivity contribution in [3.63, 3.8) is 0 Å². The lowest BCUT2D eigenvalue weighted by atomic mass is 10.1. The Morgan fingerprint density at radius 2 is 1.50 bits per heavy atom. The topological polar surface area (TPSA) is 110 Å². The van der Waals surface area contributed by atoms with Gasteiger partial charge < -0.3 is 22.1 Å². The number of ketones is 1. The summed E-state index contributed by atoms with van der Waals surface area (Å²) in [6, 6.07) is -0.800. The summed E-state index contributed by atoms with van der Waals surface area (Å²) in [6.07, 6.45) is 5.00. The summed E-state index contributed by atoms with van der Waals surface area (Å²) in [4.78, 5) is 22.6. The van der Waals surface area contributed by atoms with Crippen LogP contribution in [0.4, 0.5) is 0 Å². The van der Waals surface area contributed by atoms with E-state index in [1.807, 2.05) is 7.05 Å². The van der Waals surface area contributed by atoms with Gasteiger partial charge in [0.15, 0.2) is 0 Å². The Morgan fingerprint density at radius 1 is 0.950 bits per heavy atom. The van der Waals surface area contributed by atoms with Gasteiger partial charge in [0.05, 0.1) is 12.1 Å². The van der Waals surface area contributed by atoms with E-state index < -0.39 is 6.04 Å². The van der Waals surface area contributed by atoms with Gasteiger partial charge in [-0.05, 0) is 52.6 Å². The first-order valence-corrected chi connectivity index (χ1v) is 7.43. The number of nitrogens with one attached hydrogen (secondary N) is 2. The molecule has 0 rings (SSSR count). The number of hydrogen-bond donors (Lipinski definition) is 4. The molecule has 0 saturated heterocycles. The molecule has 0 fully saturated rings. The van der Waals surface area contributed by atoms with Crippen molar-refractivity contribution < 1.29 is 9.59 Å². The SMILES string of the molecule is CNCCCC[C@H](N)C(=O)NCCCC[C@H](N)C(C)=O.